The van der Waals surface area contributed by atoms with Crippen LogP contribution in [0.25, 0.3) is 0 Å². The smallest absolute Gasteiger partial charge is 0.408 e. The van der Waals surface area contributed by atoms with Gasteiger partial charge in [-0.15, -0.1) is 0 Å². The number of aliphatic imine (C=N–C) groups is 1. The van der Waals surface area contributed by atoms with Crippen molar-refractivity contribution in [3.63, 3.8) is 0 Å². The van der Waals surface area contributed by atoms with Crippen LogP contribution in [0.5, 0.6) is 0 Å². The van der Waals surface area contributed by atoms with Crippen LogP contribution in [0.15, 0.2) is 92.5 Å². The van der Waals surface area contributed by atoms with Crippen LogP contribution in [0.4, 0.5) is 10.5 Å². The first-order valence-electron chi connectivity index (χ1n) is 10.6. The molecule has 11 heteroatoms. The number of anilines is 1. The number of benzene rings is 2. The molecule has 0 saturated carbocycles. The molecule has 0 aliphatic carbocycles. The van der Waals surface area contributed by atoms with Gasteiger partial charge < -0.3 is 29.9 Å². The zero-order valence-electron chi connectivity index (χ0n) is 18.6. The quantitative estimate of drug-likeness (QED) is 0.411. The summed E-state index contributed by atoms with van der Waals surface area (Å²) in [5.74, 6) is -0.513. The van der Waals surface area contributed by atoms with Gasteiger partial charge in [0.25, 0.3) is 5.91 Å². The van der Waals surface area contributed by atoms with Crippen molar-refractivity contribution in [1.29, 1.82) is 0 Å². The molecule has 2 amide bonds. The molecule has 10 nitrogen and oxygen atoms in total. The predicted octanol–water partition coefficient (Wildman–Crippen LogP) is 4.16. The molecule has 0 saturated heterocycles. The summed E-state index contributed by atoms with van der Waals surface area (Å²) < 4.78 is 11.0. The Bertz CT molecular complexity index is 1240. The fraction of sp³-hybridized carbons (Fsp3) is 0.167. The number of hydrogen-bond acceptors (Lipinski definition) is 8. The first-order chi connectivity index (χ1) is 16.9. The number of amides is 2. The number of aromatic nitrogens is 1. The van der Waals surface area contributed by atoms with Crippen molar-refractivity contribution in [1.82, 2.24) is 15.4 Å². The number of ether oxygens (including phenoxy) is 1. The molecule has 2 heterocycles. The van der Waals surface area contributed by atoms with E-state index in [0.29, 0.717) is 17.1 Å². The highest BCUT2D eigenvalue weighted by molar-refractivity contribution is 9.10. The van der Waals surface area contributed by atoms with Crippen molar-refractivity contribution in [2.75, 3.05) is 18.9 Å². The van der Waals surface area contributed by atoms with Gasteiger partial charge in [-0.1, -0.05) is 63.6 Å². The van der Waals surface area contributed by atoms with Gasteiger partial charge in [0, 0.05) is 11.5 Å². The summed E-state index contributed by atoms with van der Waals surface area (Å²) in [5, 5.41) is 19.4. The molecule has 2 aromatic carbocycles. The van der Waals surface area contributed by atoms with E-state index in [4.69, 9.17) is 9.26 Å². The van der Waals surface area contributed by atoms with Gasteiger partial charge in [0.15, 0.2) is 5.70 Å². The number of amidine groups is 1. The van der Waals surface area contributed by atoms with E-state index in [0.717, 1.165) is 10.0 Å². The van der Waals surface area contributed by atoms with Gasteiger partial charge >= 0.3 is 6.09 Å². The van der Waals surface area contributed by atoms with Gasteiger partial charge in [-0.25, -0.2) is 9.79 Å². The highest BCUT2D eigenvalue weighted by atomic mass is 79.9. The van der Waals surface area contributed by atoms with E-state index in [1.54, 1.807) is 11.9 Å². The molecule has 3 N–H and O–H groups in total. The Kier molecular flexibility index (Phi) is 7.46. The Balaban J connectivity index is 1.60. The number of halogens is 1. The van der Waals surface area contributed by atoms with Crippen LogP contribution in [0.1, 0.15) is 17.2 Å². The zero-order chi connectivity index (χ0) is 24.8. The van der Waals surface area contributed by atoms with E-state index in [1.807, 2.05) is 54.6 Å². The number of carbonyl (C=O) groups excluding carboxylic acids is 2. The first kappa shape index (κ1) is 24.0. The van der Waals surface area contributed by atoms with Crippen molar-refractivity contribution >= 4 is 39.5 Å². The van der Waals surface area contributed by atoms with E-state index in [2.05, 4.69) is 36.7 Å². The highest BCUT2D eigenvalue weighted by Crippen LogP contribution is 2.25. The molecule has 4 rings (SSSR count). The zero-order valence-corrected chi connectivity index (χ0v) is 20.2. The molecule has 180 valence electrons. The Morgan fingerprint density at radius 1 is 1.20 bits per heavy atom. The SMILES string of the molecule is CN1CC(O)=C(C(=O)Nc2cnoc2)N=C1C(NC(=O)OCc1ccccc1)c1ccc(Br)cc1. The van der Waals surface area contributed by atoms with Crippen LogP contribution in [0.2, 0.25) is 0 Å². The van der Waals surface area contributed by atoms with Gasteiger partial charge in [0.1, 0.15) is 36.2 Å². The number of rotatable bonds is 7. The lowest BCUT2D eigenvalue weighted by atomic mass is 10.0. The van der Waals surface area contributed by atoms with Crippen LogP contribution < -0.4 is 10.6 Å². The summed E-state index contributed by atoms with van der Waals surface area (Å²) >= 11 is 3.41. The highest BCUT2D eigenvalue weighted by Gasteiger charge is 2.31. The van der Waals surface area contributed by atoms with Gasteiger partial charge in [0.05, 0.1) is 12.7 Å². The average Bonchev–Trinajstić information content (AvgIpc) is 3.36. The van der Waals surface area contributed by atoms with Crippen molar-refractivity contribution in [3.05, 3.63) is 94.1 Å². The van der Waals surface area contributed by atoms with Crippen LogP contribution >= 0.6 is 15.9 Å². The maximum atomic E-state index is 12.8. The minimum Gasteiger partial charge on any atom is -0.508 e. The Morgan fingerprint density at radius 2 is 1.94 bits per heavy atom. The molecule has 0 bridgehead atoms. The van der Waals surface area contributed by atoms with Crippen LogP contribution in [-0.2, 0) is 16.1 Å². The maximum absolute atomic E-state index is 12.8. The number of hydrogen-bond donors (Lipinski definition) is 3. The lowest BCUT2D eigenvalue weighted by molar-refractivity contribution is -0.113. The van der Waals surface area contributed by atoms with E-state index in [1.165, 1.54) is 12.5 Å². The molecule has 0 spiro atoms. The summed E-state index contributed by atoms with van der Waals surface area (Å²) in [6.07, 6.45) is 1.92. The second-order valence-electron chi connectivity index (χ2n) is 7.68. The molecule has 1 atom stereocenters. The molecule has 35 heavy (non-hydrogen) atoms. The summed E-state index contributed by atoms with van der Waals surface area (Å²) in [4.78, 5) is 31.6. The van der Waals surface area contributed by atoms with Crippen molar-refractivity contribution in [2.24, 2.45) is 4.99 Å². The first-order valence-corrected chi connectivity index (χ1v) is 11.3. The number of nitrogens with zero attached hydrogens (tertiary/aromatic N) is 3. The van der Waals surface area contributed by atoms with E-state index >= 15 is 0 Å². The van der Waals surface area contributed by atoms with Gasteiger partial charge in [-0.05, 0) is 23.3 Å². The van der Waals surface area contributed by atoms with Crippen molar-refractivity contribution in [3.8, 4) is 0 Å². The summed E-state index contributed by atoms with van der Waals surface area (Å²) in [5.41, 5.74) is 1.69. The third-order valence-electron chi connectivity index (χ3n) is 5.12. The fourth-order valence-electron chi connectivity index (χ4n) is 3.40. The molecule has 3 aromatic rings. The number of alkyl carbamates (subject to hydrolysis) is 1. The average molecular weight is 540 g/mol. The topological polar surface area (TPSA) is 129 Å². The second-order valence-corrected chi connectivity index (χ2v) is 8.59. The molecule has 0 fully saturated rings. The molecule has 1 aliphatic heterocycles. The summed E-state index contributed by atoms with van der Waals surface area (Å²) in [7, 11) is 1.70. The number of likely N-dealkylation sites (N-methyl/N-ethyl adjacent to an activating group) is 1. The minimum absolute atomic E-state index is 0.0129. The lowest BCUT2D eigenvalue weighted by Crippen LogP contribution is -2.44. The lowest BCUT2D eigenvalue weighted by Gasteiger charge is -2.31. The van der Waals surface area contributed by atoms with Crippen LogP contribution in [-0.4, -0.2) is 46.6 Å². The number of nitrogens with one attached hydrogen (secondary N) is 2. The van der Waals surface area contributed by atoms with Gasteiger partial charge in [0.2, 0.25) is 0 Å². The molecule has 0 radical (unpaired) electrons. The number of carbonyl (C=O) groups is 2. The monoisotopic (exact) mass is 539 g/mol. The summed E-state index contributed by atoms with van der Waals surface area (Å²) in [6, 6.07) is 15.8. The molecular weight excluding hydrogens is 518 g/mol. The number of aliphatic hydroxyl groups is 1. The van der Waals surface area contributed by atoms with Crippen LogP contribution in [0.3, 0.4) is 0 Å². The molecular formula is C24H22BrN5O5. The molecule has 1 aromatic heterocycles. The Labute approximate surface area is 209 Å². The van der Waals surface area contributed by atoms with Crippen molar-refractivity contribution < 1.29 is 24.0 Å². The van der Waals surface area contributed by atoms with Crippen LogP contribution in [0, 0.1) is 0 Å². The van der Waals surface area contributed by atoms with E-state index in [9.17, 15) is 14.7 Å². The molecule has 1 unspecified atom stereocenters. The normalized spacial score (nSPS) is 14.2. The summed E-state index contributed by atoms with van der Waals surface area (Å²) in [6.45, 7) is 0.105. The predicted molar refractivity (Wildman–Crippen MR) is 131 cm³/mol. The van der Waals surface area contributed by atoms with Crippen molar-refractivity contribution in [2.45, 2.75) is 12.6 Å². The Morgan fingerprint density at radius 3 is 2.63 bits per heavy atom. The third-order valence-corrected chi connectivity index (χ3v) is 5.65. The largest absolute Gasteiger partial charge is 0.508 e. The van der Waals surface area contributed by atoms with E-state index < -0.39 is 18.0 Å². The van der Waals surface area contributed by atoms with Gasteiger partial charge in [-0.2, -0.15) is 0 Å². The minimum atomic E-state index is -0.761. The Hall–Kier alpha value is -4.12. The number of aliphatic hydroxyl groups excluding tert-OH is 1. The molecule has 1 aliphatic rings. The fourth-order valence-corrected chi connectivity index (χ4v) is 3.67. The standard InChI is InChI=1S/C24H22BrN5O5/c1-30-12-19(31)21(23(32)27-18-11-26-35-14-18)28-22(30)20(16-7-9-17(25)10-8-16)29-24(33)34-13-15-5-3-2-4-6-15/h2-11,14,20,31H,12-13H2,1H3,(H,27,32)(H,29,33). The maximum Gasteiger partial charge on any atom is 0.408 e. The second kappa shape index (κ2) is 10.9. The third kappa shape index (κ3) is 6.07. The van der Waals surface area contributed by atoms with E-state index in [-0.39, 0.29) is 24.6 Å². The van der Waals surface area contributed by atoms with Gasteiger partial charge in [-0.3, -0.25) is 4.79 Å².